The highest BCUT2D eigenvalue weighted by Gasteiger charge is 2.21. The third kappa shape index (κ3) is 5.16. The van der Waals surface area contributed by atoms with Gasteiger partial charge in [0, 0.05) is 47.7 Å². The molecular weight excluding hydrogens is 478 g/mol. The molecule has 0 aliphatic heterocycles. The monoisotopic (exact) mass is 501 g/mol. The Bertz CT molecular complexity index is 1610. The van der Waals surface area contributed by atoms with Gasteiger partial charge in [-0.25, -0.2) is 0 Å². The number of rotatable bonds is 6. The Kier molecular flexibility index (Phi) is 7.21. The predicted octanol–water partition coefficient (Wildman–Crippen LogP) is 4.85. The molecule has 0 unspecified atom stereocenters. The highest BCUT2D eigenvalue weighted by molar-refractivity contribution is 7.83. The number of non-ortho nitro benzene ring substituents is 1. The number of fused-ring (bicyclic) bond motifs is 2. The van der Waals surface area contributed by atoms with Gasteiger partial charge in [-0.15, -0.1) is 0 Å². The summed E-state index contributed by atoms with van der Waals surface area (Å²) in [4.78, 5) is 34.7. The van der Waals surface area contributed by atoms with E-state index in [0.717, 1.165) is 27.1 Å². The van der Waals surface area contributed by atoms with E-state index in [1.165, 1.54) is 24.3 Å². The van der Waals surface area contributed by atoms with Gasteiger partial charge in [0.1, 0.15) is 11.4 Å². The molecule has 8 nitrogen and oxygen atoms in total. The Morgan fingerprint density at radius 3 is 1.83 bits per heavy atom. The third-order valence-corrected chi connectivity index (χ3v) is 5.58. The minimum absolute atomic E-state index is 0.0540. The van der Waals surface area contributed by atoms with E-state index < -0.39 is 26.6 Å². The van der Waals surface area contributed by atoms with Crippen molar-refractivity contribution >= 4 is 55.1 Å². The predicted molar refractivity (Wildman–Crippen MR) is 147 cm³/mol. The Labute approximate surface area is 208 Å². The number of nitro benzene ring substituents is 1. The molecule has 0 fully saturated rings. The fourth-order valence-electron chi connectivity index (χ4n) is 3.97. The highest BCUT2D eigenvalue weighted by atomic mass is 32.2. The van der Waals surface area contributed by atoms with Gasteiger partial charge in [0.15, 0.2) is 0 Å². The molecule has 0 bridgehead atoms. The quantitative estimate of drug-likeness (QED) is 0.148. The molecule has 182 valence electrons. The lowest BCUT2D eigenvalue weighted by molar-refractivity contribution is -0.384. The SMILES string of the molecule is CS(C)=O.O=c1c(NCc2c3ccccc3cc3ccccc23)c(Nc2ccc([N+](=O)[O-])cc2)c1=O. The van der Waals surface area contributed by atoms with Gasteiger partial charge in [-0.1, -0.05) is 48.5 Å². The summed E-state index contributed by atoms with van der Waals surface area (Å²) < 4.78 is 9.56. The topological polar surface area (TPSA) is 118 Å². The standard InChI is InChI=1S/C25H17N3O4.C2H6OS/c29-24-22(23(25(24)30)27-17-9-11-18(12-10-17)28(31)32)26-14-21-19-7-3-1-5-15(19)13-16-6-2-4-8-20(16)21;1-4(2)3/h1-13,26-27H,14H2;1-2H3. The van der Waals surface area contributed by atoms with E-state index in [-0.39, 0.29) is 17.1 Å². The zero-order valence-electron chi connectivity index (χ0n) is 19.6. The number of hydrogen-bond acceptors (Lipinski definition) is 7. The average molecular weight is 502 g/mol. The molecular formula is C27H23N3O5S. The summed E-state index contributed by atoms with van der Waals surface area (Å²) in [6.07, 6.45) is 3.28. The normalized spacial score (nSPS) is 10.9. The van der Waals surface area contributed by atoms with E-state index in [1.807, 2.05) is 48.5 Å². The summed E-state index contributed by atoms with van der Waals surface area (Å²) in [5.74, 6) is 0. The first kappa shape index (κ1) is 24.7. The largest absolute Gasteiger partial charge is 0.376 e. The van der Waals surface area contributed by atoms with Crippen molar-refractivity contribution in [1.29, 1.82) is 0 Å². The second-order valence-electron chi connectivity index (χ2n) is 8.23. The molecule has 36 heavy (non-hydrogen) atoms. The number of anilines is 3. The van der Waals surface area contributed by atoms with Crippen LogP contribution in [0.3, 0.4) is 0 Å². The highest BCUT2D eigenvalue weighted by Crippen LogP contribution is 2.30. The van der Waals surface area contributed by atoms with Crippen LogP contribution < -0.4 is 21.5 Å². The van der Waals surface area contributed by atoms with Gasteiger partial charge in [-0.05, 0) is 45.3 Å². The van der Waals surface area contributed by atoms with Gasteiger partial charge in [0.25, 0.3) is 16.5 Å². The van der Waals surface area contributed by atoms with E-state index in [2.05, 4.69) is 16.7 Å². The van der Waals surface area contributed by atoms with Crippen LogP contribution in [0.25, 0.3) is 21.5 Å². The number of nitro groups is 1. The van der Waals surface area contributed by atoms with E-state index in [1.54, 1.807) is 12.5 Å². The molecule has 0 saturated carbocycles. The first-order valence-corrected chi connectivity index (χ1v) is 13.0. The second-order valence-corrected chi connectivity index (χ2v) is 9.71. The Balaban J connectivity index is 0.000000709. The van der Waals surface area contributed by atoms with E-state index in [4.69, 9.17) is 0 Å². The minimum Gasteiger partial charge on any atom is -0.376 e. The van der Waals surface area contributed by atoms with Crippen LogP contribution in [0, 0.1) is 10.1 Å². The van der Waals surface area contributed by atoms with Crippen LogP contribution in [0.2, 0.25) is 0 Å². The van der Waals surface area contributed by atoms with Gasteiger partial charge < -0.3 is 10.6 Å². The van der Waals surface area contributed by atoms with Crippen LogP contribution in [0.4, 0.5) is 22.7 Å². The summed E-state index contributed by atoms with van der Waals surface area (Å²) in [7, 11) is -0.611. The van der Waals surface area contributed by atoms with Crippen LogP contribution in [0.15, 0.2) is 88.5 Å². The lowest BCUT2D eigenvalue weighted by Crippen LogP contribution is -2.36. The molecule has 0 aliphatic carbocycles. The molecule has 0 heterocycles. The molecule has 0 spiro atoms. The molecule has 2 N–H and O–H groups in total. The lowest BCUT2D eigenvalue weighted by Gasteiger charge is -2.17. The van der Waals surface area contributed by atoms with Crippen molar-refractivity contribution in [3.63, 3.8) is 0 Å². The first-order chi connectivity index (χ1) is 17.3. The Hall–Kier alpha value is -4.37. The van der Waals surface area contributed by atoms with E-state index >= 15 is 0 Å². The molecule has 0 amide bonds. The first-order valence-electron chi connectivity index (χ1n) is 11.0. The summed E-state index contributed by atoms with van der Waals surface area (Å²) >= 11 is 0. The molecule has 5 rings (SSSR count). The van der Waals surface area contributed by atoms with Crippen molar-refractivity contribution in [2.75, 3.05) is 23.1 Å². The molecule has 0 aliphatic rings. The fraction of sp³-hybridized carbons (Fsp3) is 0.111. The van der Waals surface area contributed by atoms with E-state index in [0.29, 0.717) is 12.2 Å². The maximum absolute atomic E-state index is 12.3. The Morgan fingerprint density at radius 1 is 0.806 bits per heavy atom. The van der Waals surface area contributed by atoms with Gasteiger partial charge in [-0.2, -0.15) is 0 Å². The van der Waals surface area contributed by atoms with E-state index in [9.17, 15) is 23.9 Å². The fourth-order valence-corrected chi connectivity index (χ4v) is 3.97. The second kappa shape index (κ2) is 10.5. The molecule has 0 saturated heterocycles. The molecule has 9 heteroatoms. The Morgan fingerprint density at radius 2 is 1.31 bits per heavy atom. The van der Waals surface area contributed by atoms with Gasteiger partial charge in [0.2, 0.25) is 0 Å². The third-order valence-electron chi connectivity index (χ3n) is 5.58. The molecule has 5 aromatic carbocycles. The maximum Gasteiger partial charge on any atom is 0.269 e. The van der Waals surface area contributed by atoms with Crippen molar-refractivity contribution < 1.29 is 9.13 Å². The smallest absolute Gasteiger partial charge is 0.269 e. The van der Waals surface area contributed by atoms with Gasteiger partial charge in [0.05, 0.1) is 4.92 Å². The zero-order valence-corrected chi connectivity index (χ0v) is 20.4. The van der Waals surface area contributed by atoms with Crippen molar-refractivity contribution in [3.05, 3.63) is 115 Å². The molecule has 0 atom stereocenters. The van der Waals surface area contributed by atoms with Crippen LogP contribution in [0.5, 0.6) is 0 Å². The van der Waals surface area contributed by atoms with Crippen LogP contribution in [0.1, 0.15) is 5.56 Å². The number of hydrogen-bond donors (Lipinski definition) is 2. The molecule has 0 radical (unpaired) electrons. The summed E-state index contributed by atoms with van der Waals surface area (Å²) in [6.45, 7) is 0.363. The summed E-state index contributed by atoms with van der Waals surface area (Å²) in [5.41, 5.74) is 0.641. The molecule has 5 aromatic rings. The maximum atomic E-state index is 12.3. The van der Waals surface area contributed by atoms with Crippen molar-refractivity contribution in [1.82, 2.24) is 0 Å². The van der Waals surface area contributed by atoms with Crippen LogP contribution >= 0.6 is 0 Å². The number of benzene rings is 4. The van der Waals surface area contributed by atoms with Crippen LogP contribution in [-0.4, -0.2) is 21.6 Å². The lowest BCUT2D eigenvalue weighted by atomic mass is 9.96. The minimum atomic E-state index is -0.617. The summed E-state index contributed by atoms with van der Waals surface area (Å²) in [6, 6.07) is 23.9. The van der Waals surface area contributed by atoms with Crippen molar-refractivity contribution in [2.45, 2.75) is 6.54 Å². The number of nitrogens with zero attached hydrogens (tertiary/aromatic N) is 1. The van der Waals surface area contributed by atoms with Crippen molar-refractivity contribution in [3.8, 4) is 0 Å². The average Bonchev–Trinajstić information content (AvgIpc) is 2.87. The summed E-state index contributed by atoms with van der Waals surface area (Å²) in [5, 5.41) is 21.2. The number of nitrogens with one attached hydrogen (secondary N) is 2. The van der Waals surface area contributed by atoms with Gasteiger partial charge >= 0.3 is 0 Å². The van der Waals surface area contributed by atoms with Crippen molar-refractivity contribution in [2.24, 2.45) is 0 Å². The van der Waals surface area contributed by atoms with Gasteiger partial charge in [-0.3, -0.25) is 23.9 Å². The zero-order chi connectivity index (χ0) is 25.8. The van der Waals surface area contributed by atoms with Crippen LogP contribution in [-0.2, 0) is 17.3 Å². The molecule has 0 aromatic heterocycles.